The third kappa shape index (κ3) is 2.82. The van der Waals surface area contributed by atoms with Crippen LogP contribution in [0.2, 0.25) is 0 Å². The molecule has 0 atom stereocenters. The molecule has 4 heteroatoms. The van der Waals surface area contributed by atoms with Gasteiger partial charge in [0.25, 0.3) is 0 Å². The number of hydrogen-bond donors (Lipinski definition) is 4. The molecule has 0 saturated heterocycles. The molecule has 1 aliphatic rings. The molecule has 18 heavy (non-hydrogen) atoms. The normalized spacial score (nSPS) is 17.4. The average molecular weight is 246 g/mol. The molecule has 0 amide bonds. The SMILES string of the molecule is CCNC(=N)Nc1cccc(C2(N)CCCC2)c1. The van der Waals surface area contributed by atoms with Crippen LogP contribution < -0.4 is 16.4 Å². The Kier molecular flexibility index (Phi) is 3.87. The largest absolute Gasteiger partial charge is 0.357 e. The number of nitrogens with two attached hydrogens (primary N) is 1. The van der Waals surface area contributed by atoms with Gasteiger partial charge in [-0.2, -0.15) is 0 Å². The topological polar surface area (TPSA) is 73.9 Å². The fourth-order valence-corrected chi connectivity index (χ4v) is 2.57. The molecule has 1 aromatic rings. The average Bonchev–Trinajstić information content (AvgIpc) is 2.78. The van der Waals surface area contributed by atoms with E-state index in [0.717, 1.165) is 25.1 Å². The Morgan fingerprint density at radius 1 is 1.39 bits per heavy atom. The van der Waals surface area contributed by atoms with Gasteiger partial charge in [-0.1, -0.05) is 25.0 Å². The lowest BCUT2D eigenvalue weighted by Crippen LogP contribution is -2.33. The summed E-state index contributed by atoms with van der Waals surface area (Å²) in [5, 5.41) is 13.7. The highest BCUT2D eigenvalue weighted by molar-refractivity contribution is 5.91. The van der Waals surface area contributed by atoms with Crippen molar-refractivity contribution in [1.82, 2.24) is 5.32 Å². The molecule has 98 valence electrons. The fourth-order valence-electron chi connectivity index (χ4n) is 2.57. The number of hydrogen-bond acceptors (Lipinski definition) is 2. The van der Waals surface area contributed by atoms with E-state index in [1.807, 2.05) is 19.1 Å². The van der Waals surface area contributed by atoms with Gasteiger partial charge in [0.1, 0.15) is 0 Å². The van der Waals surface area contributed by atoms with Crippen molar-refractivity contribution < 1.29 is 0 Å². The van der Waals surface area contributed by atoms with Gasteiger partial charge in [0.15, 0.2) is 5.96 Å². The van der Waals surface area contributed by atoms with Crippen LogP contribution in [0.1, 0.15) is 38.2 Å². The van der Waals surface area contributed by atoms with Gasteiger partial charge in [-0.3, -0.25) is 5.41 Å². The number of benzene rings is 1. The van der Waals surface area contributed by atoms with Crippen molar-refractivity contribution in [1.29, 1.82) is 5.41 Å². The fraction of sp³-hybridized carbons (Fsp3) is 0.500. The highest BCUT2D eigenvalue weighted by Gasteiger charge is 2.31. The zero-order valence-electron chi connectivity index (χ0n) is 10.9. The highest BCUT2D eigenvalue weighted by atomic mass is 15.1. The van der Waals surface area contributed by atoms with E-state index in [4.69, 9.17) is 11.1 Å². The summed E-state index contributed by atoms with van der Waals surface area (Å²) in [6, 6.07) is 8.13. The second-order valence-electron chi connectivity index (χ2n) is 4.97. The second kappa shape index (κ2) is 5.40. The summed E-state index contributed by atoms with van der Waals surface area (Å²) in [6.45, 7) is 2.71. The molecule has 1 aromatic carbocycles. The van der Waals surface area contributed by atoms with Crippen molar-refractivity contribution >= 4 is 11.6 Å². The minimum absolute atomic E-state index is 0.169. The molecular weight excluding hydrogens is 224 g/mol. The van der Waals surface area contributed by atoms with E-state index < -0.39 is 0 Å². The van der Waals surface area contributed by atoms with E-state index in [9.17, 15) is 0 Å². The molecule has 1 fully saturated rings. The highest BCUT2D eigenvalue weighted by Crippen LogP contribution is 2.36. The van der Waals surface area contributed by atoms with Crippen LogP contribution in [0.25, 0.3) is 0 Å². The van der Waals surface area contributed by atoms with Crippen LogP contribution in [0.15, 0.2) is 24.3 Å². The van der Waals surface area contributed by atoms with Crippen LogP contribution in [0.3, 0.4) is 0 Å². The van der Waals surface area contributed by atoms with Gasteiger partial charge in [0.2, 0.25) is 0 Å². The minimum atomic E-state index is -0.169. The standard InChI is InChI=1S/C14H22N4/c1-2-17-13(15)18-12-7-5-6-11(10-12)14(16)8-3-4-9-14/h5-7,10H,2-4,8-9,16H2,1H3,(H3,15,17,18). The molecule has 2 rings (SSSR count). The Bertz CT molecular complexity index is 422. The maximum atomic E-state index is 7.70. The van der Waals surface area contributed by atoms with E-state index in [2.05, 4.69) is 22.8 Å². The van der Waals surface area contributed by atoms with Crippen molar-refractivity contribution in [3.8, 4) is 0 Å². The Hall–Kier alpha value is -1.55. The summed E-state index contributed by atoms with van der Waals surface area (Å²) in [4.78, 5) is 0. The summed E-state index contributed by atoms with van der Waals surface area (Å²) in [5.41, 5.74) is 8.37. The summed E-state index contributed by atoms with van der Waals surface area (Å²) < 4.78 is 0. The van der Waals surface area contributed by atoms with Crippen molar-refractivity contribution in [2.24, 2.45) is 5.73 Å². The van der Waals surface area contributed by atoms with E-state index in [1.54, 1.807) is 0 Å². The zero-order chi connectivity index (χ0) is 13.0. The van der Waals surface area contributed by atoms with Crippen LogP contribution in [0, 0.1) is 5.41 Å². The smallest absolute Gasteiger partial charge is 0.192 e. The van der Waals surface area contributed by atoms with E-state index >= 15 is 0 Å². The summed E-state index contributed by atoms with van der Waals surface area (Å²) in [5.74, 6) is 0.326. The van der Waals surface area contributed by atoms with Gasteiger partial charge in [0, 0.05) is 17.8 Å². The molecular formula is C14H22N4. The molecule has 0 spiro atoms. The zero-order valence-corrected chi connectivity index (χ0v) is 10.9. The van der Waals surface area contributed by atoms with Gasteiger partial charge in [0.05, 0.1) is 0 Å². The van der Waals surface area contributed by atoms with Crippen LogP contribution in [0.4, 0.5) is 5.69 Å². The minimum Gasteiger partial charge on any atom is -0.357 e. The molecule has 0 radical (unpaired) electrons. The predicted molar refractivity (Wildman–Crippen MR) is 75.8 cm³/mol. The quantitative estimate of drug-likeness (QED) is 0.488. The third-order valence-corrected chi connectivity index (χ3v) is 3.56. The second-order valence-corrected chi connectivity index (χ2v) is 4.97. The Morgan fingerprint density at radius 3 is 2.78 bits per heavy atom. The number of rotatable bonds is 3. The molecule has 1 saturated carbocycles. The van der Waals surface area contributed by atoms with Crippen LogP contribution in [-0.2, 0) is 5.54 Å². The molecule has 5 N–H and O–H groups in total. The predicted octanol–water partition coefficient (Wildman–Crippen LogP) is 2.37. The first kappa shape index (κ1) is 12.9. The first-order valence-corrected chi connectivity index (χ1v) is 6.63. The van der Waals surface area contributed by atoms with E-state index in [1.165, 1.54) is 18.4 Å². The third-order valence-electron chi connectivity index (χ3n) is 3.56. The molecule has 0 heterocycles. The summed E-state index contributed by atoms with van der Waals surface area (Å²) in [6.07, 6.45) is 4.53. The van der Waals surface area contributed by atoms with Crippen molar-refractivity contribution in [2.45, 2.75) is 38.1 Å². The molecule has 0 aromatic heterocycles. The number of anilines is 1. The summed E-state index contributed by atoms with van der Waals surface area (Å²) in [7, 11) is 0. The Morgan fingerprint density at radius 2 is 2.11 bits per heavy atom. The van der Waals surface area contributed by atoms with E-state index in [-0.39, 0.29) is 5.54 Å². The van der Waals surface area contributed by atoms with Gasteiger partial charge < -0.3 is 16.4 Å². The molecule has 0 bridgehead atoms. The van der Waals surface area contributed by atoms with Crippen LogP contribution >= 0.6 is 0 Å². The van der Waals surface area contributed by atoms with Gasteiger partial charge in [-0.05, 0) is 37.5 Å². The van der Waals surface area contributed by atoms with Gasteiger partial charge in [-0.15, -0.1) is 0 Å². The maximum Gasteiger partial charge on any atom is 0.192 e. The molecule has 4 nitrogen and oxygen atoms in total. The molecule has 0 unspecified atom stereocenters. The lowest BCUT2D eigenvalue weighted by Gasteiger charge is -2.24. The summed E-state index contributed by atoms with van der Waals surface area (Å²) >= 11 is 0. The van der Waals surface area contributed by atoms with Gasteiger partial charge in [-0.25, -0.2) is 0 Å². The van der Waals surface area contributed by atoms with Gasteiger partial charge >= 0.3 is 0 Å². The lowest BCUT2D eigenvalue weighted by atomic mass is 9.89. The van der Waals surface area contributed by atoms with Crippen molar-refractivity contribution in [2.75, 3.05) is 11.9 Å². The first-order valence-electron chi connectivity index (χ1n) is 6.63. The molecule has 0 aliphatic heterocycles. The molecule has 1 aliphatic carbocycles. The lowest BCUT2D eigenvalue weighted by molar-refractivity contribution is 0.462. The van der Waals surface area contributed by atoms with Crippen LogP contribution in [0.5, 0.6) is 0 Å². The number of guanidine groups is 1. The van der Waals surface area contributed by atoms with Crippen molar-refractivity contribution in [3.05, 3.63) is 29.8 Å². The van der Waals surface area contributed by atoms with E-state index in [0.29, 0.717) is 5.96 Å². The Balaban J connectivity index is 2.12. The van der Waals surface area contributed by atoms with Crippen molar-refractivity contribution in [3.63, 3.8) is 0 Å². The maximum absolute atomic E-state index is 7.70. The van der Waals surface area contributed by atoms with Crippen LogP contribution in [-0.4, -0.2) is 12.5 Å². The number of nitrogens with one attached hydrogen (secondary N) is 3. The monoisotopic (exact) mass is 246 g/mol. The first-order chi connectivity index (χ1) is 8.64. The Labute approximate surface area is 108 Å².